The third kappa shape index (κ3) is 2.07. The summed E-state index contributed by atoms with van der Waals surface area (Å²) in [6.07, 6.45) is 0. The number of hydrogen-bond acceptors (Lipinski definition) is 4. The largest absolute Gasteiger partial charge is 0.318 e. The van der Waals surface area contributed by atoms with Crippen molar-refractivity contribution in [2.24, 2.45) is 0 Å². The lowest BCUT2D eigenvalue weighted by Gasteiger charge is -2.26. The molecule has 0 saturated heterocycles. The van der Waals surface area contributed by atoms with Gasteiger partial charge >= 0.3 is 0 Å². The van der Waals surface area contributed by atoms with Crippen molar-refractivity contribution in [3.05, 3.63) is 68.9 Å². The van der Waals surface area contributed by atoms with Crippen LogP contribution in [0.3, 0.4) is 0 Å². The average Bonchev–Trinajstić information content (AvgIpc) is 3.15. The minimum atomic E-state index is -1.03. The Balaban J connectivity index is 2.32. The van der Waals surface area contributed by atoms with Gasteiger partial charge in [-0.2, -0.15) is 5.26 Å². The quantitative estimate of drug-likeness (QED) is 0.933. The summed E-state index contributed by atoms with van der Waals surface area (Å²) in [7, 11) is 0. The van der Waals surface area contributed by atoms with Crippen LogP contribution < -0.4 is 5.32 Å². The highest BCUT2D eigenvalue weighted by atomic mass is 32.2. The molecule has 1 amide bonds. The van der Waals surface area contributed by atoms with Gasteiger partial charge in [-0.05, 0) is 22.8 Å². The maximum absolute atomic E-state index is 12.9. The highest BCUT2D eigenvalue weighted by Gasteiger charge is 2.52. The van der Waals surface area contributed by atoms with Gasteiger partial charge in [-0.25, -0.2) is 0 Å². The highest BCUT2D eigenvalue weighted by molar-refractivity contribution is 8.03. The number of carbonyl (C=O) groups is 1. The van der Waals surface area contributed by atoms with Gasteiger partial charge in [-0.15, -0.1) is 23.1 Å². The number of carbonyl (C=O) groups excluding carboxylic acids is 1. The third-order valence-corrected chi connectivity index (χ3v) is 5.54. The summed E-state index contributed by atoms with van der Waals surface area (Å²) in [6, 6.07) is 15.7. The summed E-state index contributed by atoms with van der Waals surface area (Å²) in [5, 5.41) is 15.3. The maximum atomic E-state index is 12.9. The van der Waals surface area contributed by atoms with E-state index in [-0.39, 0.29) is 5.91 Å². The Bertz CT molecular complexity index is 760. The molecule has 0 bridgehead atoms. The van der Waals surface area contributed by atoms with E-state index in [1.165, 1.54) is 23.1 Å². The standard InChI is InChI=1S/C17H14N2OS2/c1-2-21-15-13(11-18)17(16(20)19-15,14-9-6-10-22-14)12-7-4-3-5-8-12/h3-10H,2H2,1H3,(H,19,20). The molecule has 0 radical (unpaired) electrons. The molecule has 1 unspecified atom stereocenters. The lowest BCUT2D eigenvalue weighted by molar-refractivity contribution is -0.122. The number of thiophene rings is 1. The number of nitriles is 1. The minimum Gasteiger partial charge on any atom is -0.318 e. The number of amides is 1. The molecule has 0 saturated carbocycles. The van der Waals surface area contributed by atoms with Crippen molar-refractivity contribution in [2.75, 3.05) is 5.75 Å². The first-order valence-electron chi connectivity index (χ1n) is 6.93. The van der Waals surface area contributed by atoms with Crippen LogP contribution in [0.1, 0.15) is 17.4 Å². The van der Waals surface area contributed by atoms with Crippen LogP contribution in [0, 0.1) is 11.3 Å². The fourth-order valence-corrected chi connectivity index (χ4v) is 4.51. The fraction of sp³-hybridized carbons (Fsp3) is 0.176. The van der Waals surface area contributed by atoms with Crippen LogP contribution in [-0.2, 0) is 10.2 Å². The van der Waals surface area contributed by atoms with Crippen molar-refractivity contribution in [1.29, 1.82) is 5.26 Å². The first kappa shape index (κ1) is 14.9. The van der Waals surface area contributed by atoms with Gasteiger partial charge in [0.1, 0.15) is 5.41 Å². The van der Waals surface area contributed by atoms with Crippen LogP contribution >= 0.6 is 23.1 Å². The molecule has 0 fully saturated rings. The Morgan fingerprint density at radius 1 is 1.27 bits per heavy atom. The zero-order valence-electron chi connectivity index (χ0n) is 12.0. The zero-order chi connectivity index (χ0) is 15.6. The van der Waals surface area contributed by atoms with E-state index < -0.39 is 5.41 Å². The van der Waals surface area contributed by atoms with Crippen LogP contribution in [0.4, 0.5) is 0 Å². The van der Waals surface area contributed by atoms with Crippen molar-refractivity contribution in [3.8, 4) is 6.07 Å². The summed E-state index contributed by atoms with van der Waals surface area (Å²) in [6.45, 7) is 2.01. The summed E-state index contributed by atoms with van der Waals surface area (Å²) >= 11 is 3.00. The van der Waals surface area contributed by atoms with Crippen molar-refractivity contribution >= 4 is 29.0 Å². The number of nitrogens with one attached hydrogen (secondary N) is 1. The number of hydrogen-bond donors (Lipinski definition) is 1. The Kier molecular flexibility index (Phi) is 4.06. The van der Waals surface area contributed by atoms with Crippen LogP contribution in [0.5, 0.6) is 0 Å². The minimum absolute atomic E-state index is 0.145. The monoisotopic (exact) mass is 326 g/mol. The van der Waals surface area contributed by atoms with E-state index in [1.807, 2.05) is 54.8 Å². The Hall–Kier alpha value is -2.03. The van der Waals surface area contributed by atoms with Gasteiger partial charge in [0.2, 0.25) is 5.91 Å². The summed E-state index contributed by atoms with van der Waals surface area (Å²) in [4.78, 5) is 13.8. The topological polar surface area (TPSA) is 52.9 Å². The molecule has 2 aromatic rings. The average molecular weight is 326 g/mol. The molecule has 1 aliphatic heterocycles. The Labute approximate surface area is 137 Å². The molecule has 5 heteroatoms. The summed E-state index contributed by atoms with van der Waals surface area (Å²) < 4.78 is 0. The molecule has 1 aliphatic rings. The zero-order valence-corrected chi connectivity index (χ0v) is 13.6. The van der Waals surface area contributed by atoms with Gasteiger partial charge in [-0.1, -0.05) is 43.3 Å². The smallest absolute Gasteiger partial charge is 0.246 e. The molecule has 0 spiro atoms. The number of benzene rings is 1. The highest BCUT2D eigenvalue weighted by Crippen LogP contribution is 2.47. The molecule has 3 rings (SSSR count). The predicted molar refractivity (Wildman–Crippen MR) is 90.5 cm³/mol. The first-order valence-corrected chi connectivity index (χ1v) is 8.80. The molecule has 1 aromatic carbocycles. The molecule has 1 atom stereocenters. The van der Waals surface area contributed by atoms with Gasteiger partial charge in [0, 0.05) is 4.88 Å². The fourth-order valence-electron chi connectivity index (χ4n) is 2.76. The van der Waals surface area contributed by atoms with E-state index >= 15 is 0 Å². The molecule has 1 aromatic heterocycles. The van der Waals surface area contributed by atoms with Crippen molar-refractivity contribution in [1.82, 2.24) is 5.32 Å². The van der Waals surface area contributed by atoms with Crippen molar-refractivity contribution in [3.63, 3.8) is 0 Å². The van der Waals surface area contributed by atoms with Gasteiger partial charge in [0.15, 0.2) is 0 Å². The molecule has 0 aliphatic carbocycles. The van der Waals surface area contributed by atoms with E-state index in [9.17, 15) is 10.1 Å². The van der Waals surface area contributed by atoms with E-state index in [4.69, 9.17) is 0 Å². The SMILES string of the molecule is CCSC1=C(C#N)C(c2ccccc2)(c2cccs2)C(=O)N1. The molecule has 3 nitrogen and oxygen atoms in total. The maximum Gasteiger partial charge on any atom is 0.246 e. The van der Waals surface area contributed by atoms with E-state index in [2.05, 4.69) is 11.4 Å². The van der Waals surface area contributed by atoms with Crippen molar-refractivity contribution in [2.45, 2.75) is 12.3 Å². The lowest BCUT2D eigenvalue weighted by Crippen LogP contribution is -2.38. The Morgan fingerprint density at radius 2 is 2.05 bits per heavy atom. The summed E-state index contributed by atoms with van der Waals surface area (Å²) in [5.74, 6) is 0.657. The molecular formula is C17H14N2OS2. The van der Waals surface area contributed by atoms with Gasteiger partial charge in [0.25, 0.3) is 0 Å². The second-order valence-electron chi connectivity index (χ2n) is 4.80. The number of rotatable bonds is 4. The molecule has 2 heterocycles. The predicted octanol–water partition coefficient (Wildman–Crippen LogP) is 3.65. The van der Waals surface area contributed by atoms with Crippen LogP contribution in [0.2, 0.25) is 0 Å². The lowest BCUT2D eigenvalue weighted by atomic mass is 9.74. The Morgan fingerprint density at radius 3 is 2.64 bits per heavy atom. The van der Waals surface area contributed by atoms with Crippen LogP contribution in [0.15, 0.2) is 58.4 Å². The van der Waals surface area contributed by atoms with Gasteiger partial charge in [-0.3, -0.25) is 4.79 Å². The molecular weight excluding hydrogens is 312 g/mol. The summed E-state index contributed by atoms with van der Waals surface area (Å²) in [5.41, 5.74) is 0.304. The third-order valence-electron chi connectivity index (χ3n) is 3.67. The van der Waals surface area contributed by atoms with Crippen molar-refractivity contribution < 1.29 is 4.79 Å². The van der Waals surface area contributed by atoms with E-state index in [0.29, 0.717) is 10.6 Å². The molecule has 22 heavy (non-hydrogen) atoms. The molecule has 110 valence electrons. The van der Waals surface area contributed by atoms with E-state index in [1.54, 1.807) is 0 Å². The van der Waals surface area contributed by atoms with E-state index in [0.717, 1.165) is 16.2 Å². The normalized spacial score (nSPS) is 20.8. The van der Waals surface area contributed by atoms with Crippen LogP contribution in [-0.4, -0.2) is 11.7 Å². The van der Waals surface area contributed by atoms with Crippen LogP contribution in [0.25, 0.3) is 0 Å². The van der Waals surface area contributed by atoms with Gasteiger partial charge < -0.3 is 5.32 Å². The first-order chi connectivity index (χ1) is 10.7. The number of nitrogens with zero attached hydrogens (tertiary/aromatic N) is 1. The second-order valence-corrected chi connectivity index (χ2v) is 7.02. The molecule has 1 N–H and O–H groups in total. The van der Waals surface area contributed by atoms with Gasteiger partial charge in [0.05, 0.1) is 16.7 Å². The number of thioether (sulfide) groups is 1. The second kappa shape index (κ2) is 5.99.